The van der Waals surface area contributed by atoms with Gasteiger partial charge in [0.2, 0.25) is 0 Å². The zero-order valence-corrected chi connectivity index (χ0v) is 9.20. The molecule has 0 radical (unpaired) electrons. The van der Waals surface area contributed by atoms with Crippen molar-refractivity contribution < 1.29 is 5.11 Å². The standard InChI is InChI=1S/C10H18N4O/c1-3-10(15,4-2)6-13-9-8(11)5-12-7-14-9/h5,7,15H,3-4,6,11H2,1-2H3,(H,12,13,14). The van der Waals surface area contributed by atoms with Crippen LogP contribution in [0.3, 0.4) is 0 Å². The highest BCUT2D eigenvalue weighted by Crippen LogP contribution is 2.17. The summed E-state index contributed by atoms with van der Waals surface area (Å²) in [7, 11) is 0. The summed E-state index contributed by atoms with van der Waals surface area (Å²) in [4.78, 5) is 7.78. The molecule has 1 rings (SSSR count). The second-order valence-corrected chi connectivity index (χ2v) is 3.61. The van der Waals surface area contributed by atoms with E-state index in [1.54, 1.807) is 0 Å². The topological polar surface area (TPSA) is 84.1 Å². The van der Waals surface area contributed by atoms with Crippen LogP contribution in [-0.2, 0) is 0 Å². The molecule has 0 fully saturated rings. The van der Waals surface area contributed by atoms with E-state index in [2.05, 4.69) is 15.3 Å². The smallest absolute Gasteiger partial charge is 0.152 e. The largest absolute Gasteiger partial charge is 0.394 e. The maximum atomic E-state index is 10.0. The van der Waals surface area contributed by atoms with Crippen LogP contribution in [0.5, 0.6) is 0 Å². The van der Waals surface area contributed by atoms with Gasteiger partial charge in [-0.05, 0) is 12.8 Å². The van der Waals surface area contributed by atoms with E-state index in [1.165, 1.54) is 12.5 Å². The van der Waals surface area contributed by atoms with Gasteiger partial charge >= 0.3 is 0 Å². The van der Waals surface area contributed by atoms with Gasteiger partial charge in [0.1, 0.15) is 6.33 Å². The fraction of sp³-hybridized carbons (Fsp3) is 0.600. The Morgan fingerprint density at radius 3 is 2.67 bits per heavy atom. The third-order valence-electron chi connectivity index (χ3n) is 2.64. The first kappa shape index (κ1) is 11.7. The number of rotatable bonds is 5. The number of aromatic nitrogens is 2. The van der Waals surface area contributed by atoms with E-state index in [1.807, 2.05) is 13.8 Å². The zero-order chi connectivity index (χ0) is 11.3. The van der Waals surface area contributed by atoms with Gasteiger partial charge < -0.3 is 16.2 Å². The molecule has 0 amide bonds. The number of hydrogen-bond acceptors (Lipinski definition) is 5. The van der Waals surface area contributed by atoms with Crippen LogP contribution >= 0.6 is 0 Å². The van der Waals surface area contributed by atoms with E-state index in [0.717, 1.165) is 0 Å². The summed E-state index contributed by atoms with van der Waals surface area (Å²) >= 11 is 0. The molecule has 0 atom stereocenters. The van der Waals surface area contributed by atoms with E-state index >= 15 is 0 Å². The zero-order valence-electron chi connectivity index (χ0n) is 9.20. The predicted molar refractivity (Wildman–Crippen MR) is 60.5 cm³/mol. The third kappa shape index (κ3) is 3.06. The molecule has 0 saturated heterocycles. The van der Waals surface area contributed by atoms with Crippen LogP contribution in [0.4, 0.5) is 11.5 Å². The van der Waals surface area contributed by atoms with E-state index in [9.17, 15) is 5.11 Å². The normalized spacial score (nSPS) is 11.4. The Hall–Kier alpha value is -1.36. The van der Waals surface area contributed by atoms with Crippen LogP contribution in [0.2, 0.25) is 0 Å². The monoisotopic (exact) mass is 210 g/mol. The number of nitrogens with one attached hydrogen (secondary N) is 1. The van der Waals surface area contributed by atoms with Crippen LogP contribution < -0.4 is 11.1 Å². The van der Waals surface area contributed by atoms with Crippen molar-refractivity contribution in [2.75, 3.05) is 17.6 Å². The van der Waals surface area contributed by atoms with E-state index in [0.29, 0.717) is 30.9 Å². The van der Waals surface area contributed by atoms with Crippen molar-refractivity contribution in [2.45, 2.75) is 32.3 Å². The highest BCUT2D eigenvalue weighted by atomic mass is 16.3. The molecule has 0 saturated carbocycles. The Labute approximate surface area is 89.7 Å². The predicted octanol–water partition coefficient (Wildman–Crippen LogP) is 1.02. The van der Waals surface area contributed by atoms with Crippen LogP contribution in [0, 0.1) is 0 Å². The molecule has 1 heterocycles. The van der Waals surface area contributed by atoms with Crippen molar-refractivity contribution in [3.8, 4) is 0 Å². The van der Waals surface area contributed by atoms with Gasteiger partial charge in [-0.1, -0.05) is 13.8 Å². The summed E-state index contributed by atoms with van der Waals surface area (Å²) in [6.45, 7) is 4.35. The molecule has 15 heavy (non-hydrogen) atoms. The molecule has 0 bridgehead atoms. The van der Waals surface area contributed by atoms with Gasteiger partial charge in [-0.2, -0.15) is 0 Å². The SMILES string of the molecule is CCC(O)(CC)CNc1ncncc1N. The highest BCUT2D eigenvalue weighted by molar-refractivity contribution is 5.59. The van der Waals surface area contributed by atoms with Crippen LogP contribution in [0.25, 0.3) is 0 Å². The Kier molecular flexibility index (Phi) is 3.85. The molecule has 0 aliphatic rings. The number of anilines is 2. The summed E-state index contributed by atoms with van der Waals surface area (Å²) in [6.07, 6.45) is 4.35. The molecule has 0 spiro atoms. The lowest BCUT2D eigenvalue weighted by atomic mass is 9.98. The molecule has 4 N–H and O–H groups in total. The van der Waals surface area contributed by atoms with Gasteiger partial charge in [-0.25, -0.2) is 9.97 Å². The second kappa shape index (κ2) is 4.93. The molecular weight excluding hydrogens is 192 g/mol. The van der Waals surface area contributed by atoms with Crippen LogP contribution in [-0.4, -0.2) is 27.2 Å². The first-order chi connectivity index (χ1) is 7.11. The molecule has 0 aliphatic heterocycles. The van der Waals surface area contributed by atoms with Crippen molar-refractivity contribution in [1.82, 2.24) is 9.97 Å². The molecule has 0 aliphatic carbocycles. The third-order valence-corrected chi connectivity index (χ3v) is 2.64. The minimum Gasteiger partial charge on any atom is -0.394 e. The highest BCUT2D eigenvalue weighted by Gasteiger charge is 2.21. The fourth-order valence-corrected chi connectivity index (χ4v) is 1.24. The van der Waals surface area contributed by atoms with Gasteiger partial charge in [-0.3, -0.25) is 0 Å². The van der Waals surface area contributed by atoms with Crippen molar-refractivity contribution in [3.05, 3.63) is 12.5 Å². The van der Waals surface area contributed by atoms with Crippen molar-refractivity contribution in [1.29, 1.82) is 0 Å². The van der Waals surface area contributed by atoms with Crippen molar-refractivity contribution in [3.63, 3.8) is 0 Å². The van der Waals surface area contributed by atoms with Gasteiger partial charge in [0, 0.05) is 6.54 Å². The summed E-state index contributed by atoms with van der Waals surface area (Å²) < 4.78 is 0. The lowest BCUT2D eigenvalue weighted by Crippen LogP contribution is -2.35. The van der Waals surface area contributed by atoms with Gasteiger partial charge in [0.15, 0.2) is 5.82 Å². The summed E-state index contributed by atoms with van der Waals surface area (Å²) in [5.41, 5.74) is 5.46. The van der Waals surface area contributed by atoms with Crippen LogP contribution in [0.15, 0.2) is 12.5 Å². The first-order valence-electron chi connectivity index (χ1n) is 5.13. The number of nitrogen functional groups attached to an aromatic ring is 1. The summed E-state index contributed by atoms with van der Waals surface area (Å²) in [5.74, 6) is 0.574. The molecule has 5 heteroatoms. The minimum absolute atomic E-state index is 0.446. The average Bonchev–Trinajstić information content (AvgIpc) is 2.28. The molecule has 1 aromatic rings. The van der Waals surface area contributed by atoms with Gasteiger partial charge in [0.25, 0.3) is 0 Å². The second-order valence-electron chi connectivity index (χ2n) is 3.61. The van der Waals surface area contributed by atoms with Gasteiger partial charge in [0.05, 0.1) is 17.5 Å². The van der Waals surface area contributed by atoms with Crippen molar-refractivity contribution in [2.24, 2.45) is 0 Å². The number of nitrogens with zero attached hydrogens (tertiary/aromatic N) is 2. The number of hydrogen-bond donors (Lipinski definition) is 3. The quantitative estimate of drug-likeness (QED) is 0.675. The van der Waals surface area contributed by atoms with Crippen LogP contribution in [0.1, 0.15) is 26.7 Å². The molecular formula is C10H18N4O. The van der Waals surface area contributed by atoms with E-state index in [-0.39, 0.29) is 0 Å². The van der Waals surface area contributed by atoms with E-state index in [4.69, 9.17) is 5.73 Å². The summed E-state index contributed by atoms with van der Waals surface area (Å²) in [6, 6.07) is 0. The molecule has 84 valence electrons. The Morgan fingerprint density at radius 1 is 1.47 bits per heavy atom. The molecule has 1 aromatic heterocycles. The summed E-state index contributed by atoms with van der Waals surface area (Å²) in [5, 5.41) is 13.1. The Bertz CT molecular complexity index is 312. The number of nitrogens with two attached hydrogens (primary N) is 1. The Morgan fingerprint density at radius 2 is 2.13 bits per heavy atom. The number of aliphatic hydroxyl groups is 1. The maximum Gasteiger partial charge on any atom is 0.152 e. The molecule has 5 nitrogen and oxygen atoms in total. The minimum atomic E-state index is -0.697. The maximum absolute atomic E-state index is 10.0. The molecule has 0 aromatic carbocycles. The lowest BCUT2D eigenvalue weighted by molar-refractivity contribution is 0.0456. The average molecular weight is 210 g/mol. The Balaban J connectivity index is 2.61. The van der Waals surface area contributed by atoms with E-state index < -0.39 is 5.60 Å². The van der Waals surface area contributed by atoms with Gasteiger partial charge in [-0.15, -0.1) is 0 Å². The lowest BCUT2D eigenvalue weighted by Gasteiger charge is -2.25. The molecule has 0 unspecified atom stereocenters. The van der Waals surface area contributed by atoms with Crippen molar-refractivity contribution >= 4 is 11.5 Å². The first-order valence-corrected chi connectivity index (χ1v) is 5.13. The fourth-order valence-electron chi connectivity index (χ4n) is 1.24.